The first-order valence-electron chi connectivity index (χ1n) is 33.9. The van der Waals surface area contributed by atoms with Crippen molar-refractivity contribution in [3.8, 4) is 0 Å². The fourth-order valence-electron chi connectivity index (χ4n) is 11.7. The van der Waals surface area contributed by atoms with Gasteiger partial charge in [-0.3, -0.25) is 52.7 Å². The third-order valence-corrected chi connectivity index (χ3v) is 17.4. The van der Waals surface area contributed by atoms with Crippen molar-refractivity contribution in [2.24, 2.45) is 35.5 Å². The topological polar surface area (TPSA) is 306 Å². The molecule has 1 fully saturated rings. The minimum absolute atomic E-state index is 0.0139. The standard InChI is InChI=1S/C68H123N11O15/c1-26-30-32-44(15)58(81)57-62(85)71-48(27-2)64(87)73(19)38-52(80)77(23)56(47(18)94-34-31-33-53(92-28-3)93-29-4)61(84)72-54(42(11)12)67(90)74(20)49(35-39(5)6)60(83)69-45(16)59(82)70-46(17)63(86)75(21)50(36-40(7)8)65(88)76(22)51(37-41(9)10)66(89)78(24)55(43(13)14)68(91)79(57)25/h26,30,39-51,53-58,81H,27-29,31-38H2,1-25H3,(H,69,83)(H,70,82)(H,71,85)(H,72,84)/t44-,45+,46-,47-,48+,49+,50+,51-,54+,55+,56+,57+,58-/m1/s1. The molecule has 1 rings (SSSR count). The summed E-state index contributed by atoms with van der Waals surface area (Å²) < 4.78 is 17.7. The molecule has 94 heavy (non-hydrogen) atoms. The van der Waals surface area contributed by atoms with Crippen molar-refractivity contribution in [3.05, 3.63) is 12.2 Å². The Hall–Kier alpha value is -6.25. The number of rotatable bonds is 23. The summed E-state index contributed by atoms with van der Waals surface area (Å²) in [5.74, 6) is -10.2. The van der Waals surface area contributed by atoms with E-state index in [1.165, 1.54) is 82.8 Å². The maximum Gasteiger partial charge on any atom is 0.246 e. The Morgan fingerprint density at radius 1 is 0.500 bits per heavy atom. The van der Waals surface area contributed by atoms with E-state index in [0.717, 1.165) is 14.7 Å². The number of aliphatic hydroxyl groups is 1. The summed E-state index contributed by atoms with van der Waals surface area (Å²) in [7, 11) is 9.79. The predicted octanol–water partition coefficient (Wildman–Crippen LogP) is 3.81. The fraction of sp³-hybridized carbons (Fsp3) is 0.809. The van der Waals surface area contributed by atoms with E-state index in [9.17, 15) is 43.5 Å². The quantitative estimate of drug-likeness (QED) is 0.0552. The first-order valence-corrected chi connectivity index (χ1v) is 33.9. The zero-order valence-electron chi connectivity index (χ0n) is 61.7. The molecule has 26 heteroatoms. The number of ether oxygens (including phenoxy) is 3. The first kappa shape index (κ1) is 85.8. The van der Waals surface area contributed by atoms with Crippen molar-refractivity contribution in [3.63, 3.8) is 0 Å². The second-order valence-corrected chi connectivity index (χ2v) is 27.5. The maximum absolute atomic E-state index is 15.2. The van der Waals surface area contributed by atoms with Gasteiger partial charge >= 0.3 is 0 Å². The summed E-state index contributed by atoms with van der Waals surface area (Å²) in [6, 6.07) is -13.0. The summed E-state index contributed by atoms with van der Waals surface area (Å²) in [5.41, 5.74) is 0. The number of hydrogen-bond donors (Lipinski definition) is 5. The van der Waals surface area contributed by atoms with E-state index < -0.39 is 168 Å². The lowest BCUT2D eigenvalue weighted by Crippen LogP contribution is -2.63. The molecule has 0 aromatic rings. The second-order valence-electron chi connectivity index (χ2n) is 27.5. The van der Waals surface area contributed by atoms with E-state index in [2.05, 4.69) is 21.3 Å². The SMILES string of the molecule is CC=CC[C@@H](C)[C@@H](O)[C@H]1C(=O)N[C@@H](CC)C(=O)N(C)CC(=O)N(C)[C@@H]([C@@H](C)OCCCC(OCC)OCC)C(=O)N[C@@H](C(C)C)C(=O)N(C)[C@@H](CC(C)C)C(=O)N[C@@H](C)C(=O)N[C@H](C)C(=O)N(C)[C@@H](CC(C)C)C(=O)N(C)[C@H](CC(C)C)C(=O)N(C)[C@@H](C(C)C)C(=O)N1C. The number of aliphatic hydroxyl groups excluding tert-OH is 1. The molecule has 0 radical (unpaired) electrons. The molecule has 26 nitrogen and oxygen atoms in total. The van der Waals surface area contributed by atoms with Crippen LogP contribution in [0.25, 0.3) is 0 Å². The smallest absolute Gasteiger partial charge is 0.246 e. The Balaban J connectivity index is 4.40. The van der Waals surface area contributed by atoms with Crippen LogP contribution in [0.15, 0.2) is 12.2 Å². The lowest BCUT2D eigenvalue weighted by Gasteiger charge is -2.41. The molecule has 0 bridgehead atoms. The molecule has 0 spiro atoms. The molecular formula is C68H123N11O15. The van der Waals surface area contributed by atoms with Gasteiger partial charge in [0.05, 0.1) is 18.8 Å². The van der Waals surface area contributed by atoms with E-state index in [0.29, 0.717) is 32.5 Å². The molecule has 1 saturated heterocycles. The van der Waals surface area contributed by atoms with Gasteiger partial charge < -0.3 is 74.9 Å². The average molecular weight is 1330 g/mol. The number of likely N-dealkylation sites (N-methyl/N-ethyl adjacent to an activating group) is 7. The third kappa shape index (κ3) is 25.1. The average Bonchev–Trinajstić information content (AvgIpc) is 0.825. The Kier molecular flexibility index (Phi) is 37.4. The molecule has 0 aromatic carbocycles. The monoisotopic (exact) mass is 1330 g/mol. The Bertz CT molecular complexity index is 2510. The van der Waals surface area contributed by atoms with Gasteiger partial charge in [-0.05, 0) is 116 Å². The number of allylic oxidation sites excluding steroid dienone is 2. The highest BCUT2D eigenvalue weighted by atomic mass is 16.7. The molecule has 0 aromatic heterocycles. The first-order chi connectivity index (χ1) is 43.7. The molecule has 11 amide bonds. The molecule has 1 aliphatic rings. The van der Waals surface area contributed by atoms with Gasteiger partial charge in [0, 0.05) is 75.6 Å². The van der Waals surface area contributed by atoms with Crippen molar-refractivity contribution in [2.45, 2.75) is 248 Å². The van der Waals surface area contributed by atoms with Crippen LogP contribution in [0.3, 0.4) is 0 Å². The molecule has 1 heterocycles. The molecule has 13 atom stereocenters. The van der Waals surface area contributed by atoms with Crippen molar-refractivity contribution in [2.75, 3.05) is 75.7 Å². The van der Waals surface area contributed by atoms with Crippen LogP contribution in [0.1, 0.15) is 170 Å². The van der Waals surface area contributed by atoms with Gasteiger partial charge in [-0.1, -0.05) is 95.2 Å². The predicted molar refractivity (Wildman–Crippen MR) is 361 cm³/mol. The van der Waals surface area contributed by atoms with Crippen LogP contribution >= 0.6 is 0 Å². The molecular weight excluding hydrogens is 1210 g/mol. The highest BCUT2D eigenvalue weighted by Gasteiger charge is 2.46. The largest absolute Gasteiger partial charge is 0.390 e. The van der Waals surface area contributed by atoms with Crippen LogP contribution in [0.4, 0.5) is 0 Å². The van der Waals surface area contributed by atoms with Gasteiger partial charge in [-0.15, -0.1) is 0 Å². The number of amides is 11. The zero-order chi connectivity index (χ0) is 72.5. The number of nitrogens with zero attached hydrogens (tertiary/aromatic N) is 7. The molecule has 1 aliphatic heterocycles. The van der Waals surface area contributed by atoms with E-state index in [1.54, 1.807) is 67.5 Å². The summed E-state index contributed by atoms with van der Waals surface area (Å²) in [6.07, 6.45) is 2.06. The summed E-state index contributed by atoms with van der Waals surface area (Å²) in [4.78, 5) is 171. The molecule has 0 saturated carbocycles. The number of carbonyl (C=O) groups excluding carboxylic acids is 11. The second kappa shape index (κ2) is 41.0. The molecule has 0 unspecified atom stereocenters. The van der Waals surface area contributed by atoms with Crippen LogP contribution in [0, 0.1) is 35.5 Å². The molecule has 5 N–H and O–H groups in total. The van der Waals surface area contributed by atoms with Crippen molar-refractivity contribution in [1.29, 1.82) is 0 Å². The van der Waals surface area contributed by atoms with Crippen LogP contribution in [-0.4, -0.2) is 259 Å². The molecule has 540 valence electrons. The van der Waals surface area contributed by atoms with Crippen LogP contribution in [0.5, 0.6) is 0 Å². The number of hydrogen-bond acceptors (Lipinski definition) is 15. The minimum atomic E-state index is -1.64. The van der Waals surface area contributed by atoms with Crippen molar-refractivity contribution in [1.82, 2.24) is 55.6 Å². The zero-order valence-corrected chi connectivity index (χ0v) is 61.7. The summed E-state index contributed by atoms with van der Waals surface area (Å²) >= 11 is 0. The lowest BCUT2D eigenvalue weighted by molar-refractivity contribution is -0.157. The fourth-order valence-corrected chi connectivity index (χ4v) is 11.7. The van der Waals surface area contributed by atoms with E-state index in [-0.39, 0.29) is 50.0 Å². The highest BCUT2D eigenvalue weighted by molar-refractivity contribution is 5.99. The normalized spacial score (nSPS) is 25.8. The van der Waals surface area contributed by atoms with Crippen LogP contribution in [0.2, 0.25) is 0 Å². The summed E-state index contributed by atoms with van der Waals surface area (Å²) in [6.45, 7) is 31.6. The van der Waals surface area contributed by atoms with E-state index in [4.69, 9.17) is 14.2 Å². The maximum atomic E-state index is 15.2. The van der Waals surface area contributed by atoms with Crippen molar-refractivity contribution >= 4 is 65.0 Å². The van der Waals surface area contributed by atoms with E-state index in [1.807, 2.05) is 55.4 Å². The molecule has 0 aliphatic carbocycles. The van der Waals surface area contributed by atoms with Gasteiger partial charge in [-0.25, -0.2) is 0 Å². The number of carbonyl (C=O) groups is 11. The van der Waals surface area contributed by atoms with E-state index >= 15 is 14.4 Å². The Morgan fingerprint density at radius 2 is 0.968 bits per heavy atom. The van der Waals surface area contributed by atoms with Gasteiger partial charge in [0.25, 0.3) is 0 Å². The van der Waals surface area contributed by atoms with Gasteiger partial charge in [0.15, 0.2) is 6.29 Å². The number of nitrogens with one attached hydrogen (secondary N) is 4. The lowest BCUT2D eigenvalue weighted by atomic mass is 9.91. The Labute approximate surface area is 562 Å². The van der Waals surface area contributed by atoms with Crippen LogP contribution < -0.4 is 21.3 Å². The van der Waals surface area contributed by atoms with Crippen LogP contribution in [-0.2, 0) is 67.0 Å². The van der Waals surface area contributed by atoms with Crippen molar-refractivity contribution < 1.29 is 72.1 Å². The Morgan fingerprint density at radius 3 is 1.45 bits per heavy atom. The van der Waals surface area contributed by atoms with Gasteiger partial charge in [0.2, 0.25) is 65.0 Å². The third-order valence-electron chi connectivity index (χ3n) is 17.4. The highest BCUT2D eigenvalue weighted by Crippen LogP contribution is 2.26. The van der Waals surface area contributed by atoms with Gasteiger partial charge in [0.1, 0.15) is 60.4 Å². The van der Waals surface area contributed by atoms with Gasteiger partial charge in [-0.2, -0.15) is 0 Å². The summed E-state index contributed by atoms with van der Waals surface area (Å²) in [5, 5.41) is 23.2. The minimum Gasteiger partial charge on any atom is -0.390 e.